The molecule has 0 saturated heterocycles. The highest BCUT2D eigenvalue weighted by atomic mass is 32.1. The van der Waals surface area contributed by atoms with E-state index >= 15 is 0 Å². The number of nitrogens with zero attached hydrogens (tertiary/aromatic N) is 1. The van der Waals surface area contributed by atoms with Crippen LogP contribution in [0.1, 0.15) is 0 Å². The molecule has 0 bridgehead atoms. The second-order valence-electron chi connectivity index (χ2n) is 12.9. The first kappa shape index (κ1) is 29.9. The standard InChI is InChI=1S/C48H31NS2/c1-3-11-32(12-4-1)33-19-24-38(25-20-33)49(37-13-5-2-6-14-37)39-26-21-34(22-27-39)36-30-42(48-44(31-36)41-16-8-10-18-46(41)51-48)35-23-28-47-43(29-35)40-15-7-9-17-45(40)50-47/h1-31H. The number of rotatable bonds is 6. The van der Waals surface area contributed by atoms with Gasteiger partial charge in [-0.05, 0) is 101 Å². The lowest BCUT2D eigenvalue weighted by Gasteiger charge is -2.26. The molecule has 10 aromatic rings. The molecule has 1 nitrogen and oxygen atoms in total. The van der Waals surface area contributed by atoms with Crippen molar-refractivity contribution in [1.29, 1.82) is 0 Å². The maximum absolute atomic E-state index is 2.40. The highest BCUT2D eigenvalue weighted by Crippen LogP contribution is 2.45. The number of hydrogen-bond donors (Lipinski definition) is 0. The first-order valence-corrected chi connectivity index (χ1v) is 18.9. The molecule has 3 heteroatoms. The van der Waals surface area contributed by atoms with Gasteiger partial charge in [-0.1, -0.05) is 115 Å². The van der Waals surface area contributed by atoms with E-state index in [-0.39, 0.29) is 0 Å². The third-order valence-corrected chi connectivity index (χ3v) is 12.2. The normalized spacial score (nSPS) is 11.5. The number of thiophene rings is 2. The predicted octanol–water partition coefficient (Wildman–Crippen LogP) is 14.9. The van der Waals surface area contributed by atoms with Gasteiger partial charge in [-0.3, -0.25) is 0 Å². The van der Waals surface area contributed by atoms with Gasteiger partial charge in [-0.2, -0.15) is 0 Å². The number of hydrogen-bond acceptors (Lipinski definition) is 3. The molecule has 8 aromatic carbocycles. The van der Waals surface area contributed by atoms with Crippen molar-refractivity contribution in [3.63, 3.8) is 0 Å². The van der Waals surface area contributed by atoms with E-state index in [1.54, 1.807) is 0 Å². The fraction of sp³-hybridized carbons (Fsp3) is 0. The van der Waals surface area contributed by atoms with Crippen LogP contribution < -0.4 is 4.90 Å². The van der Waals surface area contributed by atoms with E-state index in [0.29, 0.717) is 0 Å². The zero-order valence-electron chi connectivity index (χ0n) is 27.7. The molecule has 51 heavy (non-hydrogen) atoms. The topological polar surface area (TPSA) is 3.24 Å². The Bertz CT molecular complexity index is 2830. The molecule has 0 aliphatic rings. The Labute approximate surface area is 304 Å². The van der Waals surface area contributed by atoms with Crippen LogP contribution >= 0.6 is 22.7 Å². The Balaban J connectivity index is 1.09. The van der Waals surface area contributed by atoms with Gasteiger partial charge in [0, 0.05) is 63.0 Å². The Morgan fingerprint density at radius 1 is 0.294 bits per heavy atom. The summed E-state index contributed by atoms with van der Waals surface area (Å²) in [5, 5.41) is 5.28. The summed E-state index contributed by atoms with van der Waals surface area (Å²) >= 11 is 3.77. The van der Waals surface area contributed by atoms with Crippen molar-refractivity contribution in [2.75, 3.05) is 4.90 Å². The number of para-hydroxylation sites is 1. The molecule has 2 aromatic heterocycles. The van der Waals surface area contributed by atoms with Gasteiger partial charge in [0.2, 0.25) is 0 Å². The molecule has 0 radical (unpaired) electrons. The largest absolute Gasteiger partial charge is 0.311 e. The summed E-state index contributed by atoms with van der Waals surface area (Å²) in [5.41, 5.74) is 10.8. The first-order chi connectivity index (χ1) is 25.3. The van der Waals surface area contributed by atoms with Gasteiger partial charge in [0.25, 0.3) is 0 Å². The van der Waals surface area contributed by atoms with Crippen LogP contribution in [0.3, 0.4) is 0 Å². The molecule has 0 saturated carbocycles. The molecule has 0 fully saturated rings. The van der Waals surface area contributed by atoms with Crippen molar-refractivity contribution in [2.45, 2.75) is 0 Å². The van der Waals surface area contributed by atoms with Crippen LogP contribution in [0.2, 0.25) is 0 Å². The van der Waals surface area contributed by atoms with Gasteiger partial charge in [-0.15, -0.1) is 22.7 Å². The molecule has 0 aliphatic heterocycles. The summed E-state index contributed by atoms with van der Waals surface area (Å²) in [4.78, 5) is 2.33. The van der Waals surface area contributed by atoms with Crippen LogP contribution in [-0.4, -0.2) is 0 Å². The number of benzene rings is 8. The van der Waals surface area contributed by atoms with Crippen LogP contribution in [-0.2, 0) is 0 Å². The fourth-order valence-corrected chi connectivity index (χ4v) is 9.67. The van der Waals surface area contributed by atoms with E-state index in [9.17, 15) is 0 Å². The van der Waals surface area contributed by atoms with Crippen LogP contribution in [0.4, 0.5) is 17.1 Å². The lowest BCUT2D eigenvalue weighted by atomic mass is 9.95. The van der Waals surface area contributed by atoms with Crippen LogP contribution in [0, 0.1) is 0 Å². The van der Waals surface area contributed by atoms with E-state index < -0.39 is 0 Å². The van der Waals surface area contributed by atoms with Crippen molar-refractivity contribution >= 4 is 80.1 Å². The van der Waals surface area contributed by atoms with Crippen molar-refractivity contribution < 1.29 is 0 Å². The molecule has 0 unspecified atom stereocenters. The maximum Gasteiger partial charge on any atom is 0.0462 e. The minimum absolute atomic E-state index is 1.12. The van der Waals surface area contributed by atoms with Crippen LogP contribution in [0.15, 0.2) is 188 Å². The summed E-state index contributed by atoms with van der Waals surface area (Å²) in [6.45, 7) is 0. The smallest absolute Gasteiger partial charge is 0.0462 e. The Morgan fingerprint density at radius 3 is 1.45 bits per heavy atom. The van der Waals surface area contributed by atoms with Crippen LogP contribution in [0.5, 0.6) is 0 Å². The van der Waals surface area contributed by atoms with Crippen LogP contribution in [0.25, 0.3) is 73.7 Å². The van der Waals surface area contributed by atoms with Gasteiger partial charge in [0.1, 0.15) is 0 Å². The van der Waals surface area contributed by atoms with Gasteiger partial charge in [0.05, 0.1) is 0 Å². The van der Waals surface area contributed by atoms with E-state index in [4.69, 9.17) is 0 Å². The molecule has 0 amide bonds. The molecule has 0 N–H and O–H groups in total. The lowest BCUT2D eigenvalue weighted by molar-refractivity contribution is 1.28. The van der Waals surface area contributed by atoms with E-state index in [0.717, 1.165) is 17.1 Å². The molecule has 10 rings (SSSR count). The molecule has 0 aliphatic carbocycles. The molecule has 0 spiro atoms. The molecular weight excluding hydrogens is 655 g/mol. The fourth-order valence-electron chi connectivity index (χ4n) is 7.36. The van der Waals surface area contributed by atoms with Crippen molar-refractivity contribution in [3.8, 4) is 33.4 Å². The van der Waals surface area contributed by atoms with E-state index in [1.165, 1.54) is 73.7 Å². The average molecular weight is 686 g/mol. The predicted molar refractivity (Wildman–Crippen MR) is 223 cm³/mol. The zero-order chi connectivity index (χ0) is 33.7. The van der Waals surface area contributed by atoms with Gasteiger partial charge in [0.15, 0.2) is 0 Å². The molecular formula is C48H31NS2. The number of anilines is 3. The number of fused-ring (bicyclic) bond motifs is 6. The molecule has 240 valence electrons. The quantitative estimate of drug-likeness (QED) is 0.168. The maximum atomic E-state index is 2.40. The van der Waals surface area contributed by atoms with E-state index in [1.807, 2.05) is 22.7 Å². The average Bonchev–Trinajstić information content (AvgIpc) is 3.77. The van der Waals surface area contributed by atoms with Crippen molar-refractivity contribution in [3.05, 3.63) is 188 Å². The Kier molecular flexibility index (Phi) is 7.26. The molecule has 0 atom stereocenters. The molecule has 2 heterocycles. The highest BCUT2D eigenvalue weighted by Gasteiger charge is 2.17. The van der Waals surface area contributed by atoms with Gasteiger partial charge < -0.3 is 4.90 Å². The summed E-state index contributed by atoms with van der Waals surface area (Å²) < 4.78 is 5.32. The summed E-state index contributed by atoms with van der Waals surface area (Å²) in [6, 6.07) is 68.5. The minimum atomic E-state index is 1.12. The summed E-state index contributed by atoms with van der Waals surface area (Å²) in [7, 11) is 0. The Hall–Kier alpha value is -6.00. The summed E-state index contributed by atoms with van der Waals surface area (Å²) in [6.07, 6.45) is 0. The Morgan fingerprint density at radius 2 is 0.765 bits per heavy atom. The first-order valence-electron chi connectivity index (χ1n) is 17.2. The highest BCUT2D eigenvalue weighted by molar-refractivity contribution is 7.26. The zero-order valence-corrected chi connectivity index (χ0v) is 29.3. The second-order valence-corrected chi connectivity index (χ2v) is 15.1. The van der Waals surface area contributed by atoms with Gasteiger partial charge >= 0.3 is 0 Å². The lowest BCUT2D eigenvalue weighted by Crippen LogP contribution is -2.09. The second kappa shape index (κ2) is 12.4. The monoisotopic (exact) mass is 685 g/mol. The third-order valence-electron chi connectivity index (χ3n) is 9.87. The third kappa shape index (κ3) is 5.30. The van der Waals surface area contributed by atoms with Crippen molar-refractivity contribution in [2.24, 2.45) is 0 Å². The van der Waals surface area contributed by atoms with Gasteiger partial charge in [-0.25, -0.2) is 0 Å². The van der Waals surface area contributed by atoms with Crippen molar-refractivity contribution in [1.82, 2.24) is 0 Å². The van der Waals surface area contributed by atoms with E-state index in [2.05, 4.69) is 193 Å². The SMILES string of the molecule is c1ccc(-c2ccc(N(c3ccccc3)c3ccc(-c4cc(-c5ccc6sc7ccccc7c6c5)c5sc6ccccc6c5c4)cc3)cc2)cc1. The summed E-state index contributed by atoms with van der Waals surface area (Å²) in [5.74, 6) is 0. The minimum Gasteiger partial charge on any atom is -0.311 e.